The average molecular weight is 504 g/mol. The molecule has 0 spiro atoms. The lowest BCUT2D eigenvalue weighted by Gasteiger charge is -2.53. The van der Waals surface area contributed by atoms with Gasteiger partial charge in [0, 0.05) is 25.9 Å². The van der Waals surface area contributed by atoms with Crippen LogP contribution >= 0.6 is 0 Å². The molecule has 7 atom stereocenters. The predicted octanol–water partition coefficient (Wildman–Crippen LogP) is 4.95. The minimum atomic E-state index is -1.12. The Labute approximate surface area is 213 Å². The maximum Gasteiger partial charge on any atom is 0.303 e. The van der Waals surface area contributed by atoms with E-state index in [-0.39, 0.29) is 36.4 Å². The number of likely N-dealkylation sites (tertiary alicyclic amines) is 1. The zero-order chi connectivity index (χ0) is 26.0. The van der Waals surface area contributed by atoms with Gasteiger partial charge in [0.25, 0.3) is 0 Å². The largest absolute Gasteiger partial charge is 0.457 e. The summed E-state index contributed by atoms with van der Waals surface area (Å²) < 4.78 is 38.2. The summed E-state index contributed by atoms with van der Waals surface area (Å²) in [7, 11) is 0. The zero-order valence-corrected chi connectivity index (χ0v) is 21.8. The molecule has 5 nitrogen and oxygen atoms in total. The van der Waals surface area contributed by atoms with Crippen LogP contribution in [0.4, 0.5) is 8.78 Å². The quantitative estimate of drug-likeness (QED) is 0.422. The van der Waals surface area contributed by atoms with Gasteiger partial charge < -0.3 is 19.5 Å². The molecule has 0 aromatic heterocycles. The number of carbonyl (C=O) groups excluding carboxylic acids is 1. The van der Waals surface area contributed by atoms with Crippen LogP contribution in [0.1, 0.15) is 58.9 Å². The average Bonchev–Trinajstić information content (AvgIpc) is 2.82. The Morgan fingerprint density at radius 3 is 2.78 bits per heavy atom. The van der Waals surface area contributed by atoms with Gasteiger partial charge in [0.15, 0.2) is 11.6 Å². The molecule has 36 heavy (non-hydrogen) atoms. The Morgan fingerprint density at radius 1 is 1.28 bits per heavy atom. The number of benzene rings is 1. The molecule has 1 saturated carbocycles. The number of fused-ring (bicyclic) bond motifs is 1. The van der Waals surface area contributed by atoms with E-state index in [0.717, 1.165) is 57.0 Å². The third-order valence-electron chi connectivity index (χ3n) is 8.36. The highest BCUT2D eigenvalue weighted by atomic mass is 19.2. The van der Waals surface area contributed by atoms with Crippen LogP contribution in [0.25, 0.3) is 0 Å². The van der Waals surface area contributed by atoms with Gasteiger partial charge >= 0.3 is 5.97 Å². The molecule has 2 radical (unpaired) electrons. The Kier molecular flexibility index (Phi) is 8.52. The molecule has 1 aromatic carbocycles. The fraction of sp³-hybridized carbons (Fsp3) is 0.655. The maximum absolute atomic E-state index is 13.5. The lowest BCUT2D eigenvalue weighted by Crippen LogP contribution is -2.57. The molecule has 2 fully saturated rings. The number of carbonyl (C=O) groups is 1. The van der Waals surface area contributed by atoms with Crippen LogP contribution in [0.5, 0.6) is 0 Å². The molecule has 1 aromatic rings. The molecule has 1 aliphatic heterocycles. The van der Waals surface area contributed by atoms with E-state index in [2.05, 4.69) is 31.2 Å². The lowest BCUT2D eigenvalue weighted by atomic mass is 9.57. The van der Waals surface area contributed by atoms with Crippen molar-refractivity contribution in [1.29, 1.82) is 0 Å². The van der Waals surface area contributed by atoms with Crippen molar-refractivity contribution in [3.05, 3.63) is 53.5 Å². The van der Waals surface area contributed by atoms with Crippen LogP contribution in [0.2, 0.25) is 0 Å². The first-order chi connectivity index (χ1) is 17.1. The topological polar surface area (TPSA) is 59.0 Å². The molecule has 198 valence electrons. The van der Waals surface area contributed by atoms with Gasteiger partial charge in [-0.3, -0.25) is 4.79 Å². The first-order valence-electron chi connectivity index (χ1n) is 13.2. The molecule has 0 amide bonds. The molecule has 1 heterocycles. The van der Waals surface area contributed by atoms with E-state index in [1.165, 1.54) is 13.0 Å². The van der Waals surface area contributed by atoms with Crippen LogP contribution in [0.3, 0.4) is 0 Å². The smallest absolute Gasteiger partial charge is 0.303 e. The maximum atomic E-state index is 13.5. The van der Waals surface area contributed by atoms with Crippen molar-refractivity contribution in [2.75, 3.05) is 19.6 Å². The van der Waals surface area contributed by atoms with Crippen LogP contribution in [-0.4, -0.2) is 53.4 Å². The molecule has 0 bridgehead atoms. The first-order valence-corrected chi connectivity index (χ1v) is 13.2. The number of hydrogen-bond donors (Lipinski definition) is 1. The number of piperidine rings is 1. The molecule has 7 heteroatoms. The molecular formula is C29H39F2NO4. The van der Waals surface area contributed by atoms with E-state index in [9.17, 15) is 18.7 Å². The van der Waals surface area contributed by atoms with Gasteiger partial charge in [0.05, 0.1) is 24.7 Å². The number of ether oxygens (including phenoxy) is 2. The fourth-order valence-corrected chi connectivity index (χ4v) is 6.31. The van der Waals surface area contributed by atoms with E-state index in [1.54, 1.807) is 6.07 Å². The number of esters is 1. The number of rotatable bonds is 7. The highest BCUT2D eigenvalue weighted by Gasteiger charge is 2.53. The van der Waals surface area contributed by atoms with Crippen molar-refractivity contribution in [3.8, 4) is 0 Å². The van der Waals surface area contributed by atoms with Gasteiger partial charge in [0.1, 0.15) is 6.10 Å². The monoisotopic (exact) mass is 503 g/mol. The second-order valence-corrected chi connectivity index (χ2v) is 11.1. The summed E-state index contributed by atoms with van der Waals surface area (Å²) in [5.41, 5.74) is 0.443. The summed E-state index contributed by atoms with van der Waals surface area (Å²) in [5.74, 6) is -1.46. The van der Waals surface area contributed by atoms with Crippen molar-refractivity contribution >= 4 is 5.97 Å². The SMILES string of the molecule is CC(=O)O[C@@H]1[C][C@@]2(O)[C@H](C)CC[C@@H]([C@H](C)CN3CCCC(OCc4ccc(F)c(F)c4)C3)[C@H]2C=C1C. The molecule has 1 N–H and O–H groups in total. The Balaban J connectivity index is 1.37. The van der Waals surface area contributed by atoms with E-state index in [0.29, 0.717) is 11.5 Å². The third-order valence-corrected chi connectivity index (χ3v) is 8.36. The minimum absolute atomic E-state index is 0.0393. The summed E-state index contributed by atoms with van der Waals surface area (Å²) in [5, 5.41) is 11.7. The van der Waals surface area contributed by atoms with Gasteiger partial charge in [-0.1, -0.05) is 26.0 Å². The third kappa shape index (κ3) is 6.00. The molecule has 1 unspecified atom stereocenters. The van der Waals surface area contributed by atoms with E-state index in [1.807, 2.05) is 6.92 Å². The normalized spacial score (nSPS) is 34.0. The van der Waals surface area contributed by atoms with Crippen molar-refractivity contribution in [2.24, 2.45) is 23.7 Å². The van der Waals surface area contributed by atoms with Crippen LogP contribution in [0.15, 0.2) is 29.8 Å². The number of hydrogen-bond acceptors (Lipinski definition) is 5. The zero-order valence-electron chi connectivity index (χ0n) is 21.8. The molecule has 4 rings (SSSR count). The summed E-state index contributed by atoms with van der Waals surface area (Å²) in [4.78, 5) is 14.0. The van der Waals surface area contributed by atoms with Crippen LogP contribution < -0.4 is 0 Å². The molecule has 3 aliphatic rings. The van der Waals surface area contributed by atoms with Gasteiger partial charge in [-0.25, -0.2) is 8.78 Å². The lowest BCUT2D eigenvalue weighted by molar-refractivity contribution is -0.148. The number of aliphatic hydroxyl groups is 1. The van der Waals surface area contributed by atoms with Crippen molar-refractivity contribution in [2.45, 2.75) is 77.8 Å². The molecule has 2 aliphatic carbocycles. The summed E-state index contributed by atoms with van der Waals surface area (Å²) >= 11 is 0. The Morgan fingerprint density at radius 2 is 2.06 bits per heavy atom. The van der Waals surface area contributed by atoms with Crippen molar-refractivity contribution in [3.63, 3.8) is 0 Å². The van der Waals surface area contributed by atoms with Crippen LogP contribution in [-0.2, 0) is 20.9 Å². The van der Waals surface area contributed by atoms with Crippen molar-refractivity contribution in [1.82, 2.24) is 4.90 Å². The molecule has 1 saturated heterocycles. The highest BCUT2D eigenvalue weighted by Crippen LogP contribution is 2.51. The summed E-state index contributed by atoms with van der Waals surface area (Å²) in [6.45, 7) is 10.6. The standard InChI is InChI=1S/C29H39F2NO4/c1-18-12-25-24(9-7-20(3)29(25,34)14-28(18)36-21(4)33)19(2)15-32-11-5-6-23(16-32)35-17-22-8-10-26(30)27(31)13-22/h8,10,12-13,19-20,23-25,28,34H,5-7,9,11,15-17H2,1-4H3/t19-,20-,23?,24+,25-,28-,29-/m1/s1. The summed E-state index contributed by atoms with van der Waals surface area (Å²) in [6.07, 6.45) is 8.72. The minimum Gasteiger partial charge on any atom is -0.457 e. The van der Waals surface area contributed by atoms with Gasteiger partial charge in [-0.2, -0.15) is 0 Å². The van der Waals surface area contributed by atoms with E-state index < -0.39 is 23.3 Å². The molecular weight excluding hydrogens is 464 g/mol. The second-order valence-electron chi connectivity index (χ2n) is 11.1. The number of nitrogens with zero attached hydrogens (tertiary/aromatic N) is 1. The van der Waals surface area contributed by atoms with Crippen LogP contribution in [0, 0.1) is 41.7 Å². The van der Waals surface area contributed by atoms with Gasteiger partial charge in [0.2, 0.25) is 0 Å². The van der Waals surface area contributed by atoms with Gasteiger partial charge in [-0.05, 0) is 80.2 Å². The summed E-state index contributed by atoms with van der Waals surface area (Å²) in [6, 6.07) is 3.90. The number of halogens is 2. The van der Waals surface area contributed by atoms with Crippen molar-refractivity contribution < 1.29 is 28.2 Å². The second kappa shape index (κ2) is 11.3. The fourth-order valence-electron chi connectivity index (χ4n) is 6.31. The highest BCUT2D eigenvalue weighted by molar-refractivity contribution is 5.66. The van der Waals surface area contributed by atoms with E-state index >= 15 is 0 Å². The van der Waals surface area contributed by atoms with E-state index in [4.69, 9.17) is 9.47 Å². The Bertz CT molecular complexity index is 969. The van der Waals surface area contributed by atoms with Gasteiger partial charge in [-0.15, -0.1) is 0 Å². The Hall–Kier alpha value is -1.83. The predicted molar refractivity (Wildman–Crippen MR) is 133 cm³/mol. The first kappa shape index (κ1) is 27.2.